The van der Waals surface area contributed by atoms with Gasteiger partial charge >= 0.3 is 0 Å². The topological polar surface area (TPSA) is 92.8 Å². The number of benzene rings is 1. The quantitative estimate of drug-likeness (QED) is 0.385. The van der Waals surface area contributed by atoms with Crippen molar-refractivity contribution in [2.24, 2.45) is 0 Å². The number of ether oxygens (including phenoxy) is 3. The number of H-pyrrole nitrogens is 1. The SMILES string of the molecule is O=C(NCCc1c[nH]c2ccccc12)C1=C[C@H](c2ccsc2)C[C@H](OCCOCCO)O1. The molecule has 2 aromatic heterocycles. The number of fused-ring (bicyclic) bond motifs is 1. The van der Waals surface area contributed by atoms with Gasteiger partial charge in [-0.2, -0.15) is 11.3 Å². The number of rotatable bonds is 11. The lowest BCUT2D eigenvalue weighted by Crippen LogP contribution is -2.34. The zero-order valence-electron chi connectivity index (χ0n) is 17.8. The van der Waals surface area contributed by atoms with Crippen LogP contribution >= 0.6 is 11.3 Å². The molecule has 0 saturated carbocycles. The van der Waals surface area contributed by atoms with Crippen molar-refractivity contribution >= 4 is 28.1 Å². The monoisotopic (exact) mass is 456 g/mol. The third-order valence-electron chi connectivity index (χ3n) is 5.37. The summed E-state index contributed by atoms with van der Waals surface area (Å²) in [6.07, 6.45) is 4.69. The van der Waals surface area contributed by atoms with Crippen molar-refractivity contribution in [1.29, 1.82) is 0 Å². The predicted molar refractivity (Wildman–Crippen MR) is 124 cm³/mol. The van der Waals surface area contributed by atoms with E-state index < -0.39 is 6.29 Å². The Hall–Kier alpha value is -2.65. The number of aromatic amines is 1. The highest BCUT2D eigenvalue weighted by atomic mass is 32.1. The third kappa shape index (κ3) is 5.77. The zero-order valence-corrected chi connectivity index (χ0v) is 18.6. The van der Waals surface area contributed by atoms with E-state index >= 15 is 0 Å². The van der Waals surface area contributed by atoms with Gasteiger partial charge in [-0.3, -0.25) is 4.79 Å². The number of amides is 1. The number of para-hydroxylation sites is 1. The fourth-order valence-corrected chi connectivity index (χ4v) is 4.50. The molecule has 0 saturated heterocycles. The van der Waals surface area contributed by atoms with Gasteiger partial charge in [-0.25, -0.2) is 0 Å². The van der Waals surface area contributed by atoms with Crippen molar-refractivity contribution in [2.45, 2.75) is 25.0 Å². The van der Waals surface area contributed by atoms with Crippen molar-refractivity contribution in [2.75, 3.05) is 33.0 Å². The smallest absolute Gasteiger partial charge is 0.286 e. The molecule has 4 rings (SSSR count). The predicted octanol–water partition coefficient (Wildman–Crippen LogP) is 3.33. The molecule has 3 N–H and O–H groups in total. The third-order valence-corrected chi connectivity index (χ3v) is 6.08. The first-order valence-electron chi connectivity index (χ1n) is 10.8. The first-order chi connectivity index (χ1) is 15.7. The lowest BCUT2D eigenvalue weighted by atomic mass is 9.95. The molecule has 32 heavy (non-hydrogen) atoms. The summed E-state index contributed by atoms with van der Waals surface area (Å²) in [7, 11) is 0. The average molecular weight is 457 g/mol. The zero-order chi connectivity index (χ0) is 22.2. The number of thiophene rings is 1. The Kier molecular flexibility index (Phi) is 7.95. The second-order valence-electron chi connectivity index (χ2n) is 7.55. The van der Waals surface area contributed by atoms with Crippen LogP contribution < -0.4 is 5.32 Å². The Morgan fingerprint density at radius 1 is 1.25 bits per heavy atom. The summed E-state index contributed by atoms with van der Waals surface area (Å²) in [6.45, 7) is 1.45. The molecule has 0 bridgehead atoms. The van der Waals surface area contributed by atoms with E-state index in [1.807, 2.05) is 35.9 Å². The van der Waals surface area contributed by atoms with Crippen molar-refractivity contribution < 1.29 is 24.1 Å². The van der Waals surface area contributed by atoms with Crippen molar-refractivity contribution in [3.8, 4) is 0 Å². The van der Waals surface area contributed by atoms with E-state index in [0.717, 1.165) is 17.5 Å². The minimum Gasteiger partial charge on any atom is -0.459 e. The minimum atomic E-state index is -0.531. The number of hydrogen-bond donors (Lipinski definition) is 3. The van der Waals surface area contributed by atoms with E-state index in [1.54, 1.807) is 11.3 Å². The standard InChI is InChI=1S/C24H28N2O5S/c27-8-9-29-10-11-30-23-14-19(18-6-12-32-16-18)13-22(31-23)24(28)25-7-5-17-15-26-21-4-2-1-3-20(17)21/h1-4,6,12-13,15-16,19,23,26-27H,5,7-11,14H2,(H,25,28)/t19-,23+/m0/s1. The van der Waals surface area contributed by atoms with E-state index in [9.17, 15) is 4.79 Å². The van der Waals surface area contributed by atoms with Crippen LogP contribution in [0.2, 0.25) is 0 Å². The molecule has 1 amide bonds. The number of carbonyl (C=O) groups is 1. The van der Waals surface area contributed by atoms with Gasteiger partial charge in [-0.05, 0) is 46.5 Å². The number of hydrogen-bond acceptors (Lipinski definition) is 6. The summed E-state index contributed by atoms with van der Waals surface area (Å²) in [4.78, 5) is 16.1. The van der Waals surface area contributed by atoms with Gasteiger partial charge in [-0.15, -0.1) is 0 Å². The van der Waals surface area contributed by atoms with Gasteiger partial charge in [0.2, 0.25) is 6.29 Å². The first-order valence-corrected chi connectivity index (χ1v) is 11.7. The largest absolute Gasteiger partial charge is 0.459 e. The fourth-order valence-electron chi connectivity index (χ4n) is 3.78. The highest BCUT2D eigenvalue weighted by Gasteiger charge is 2.28. The number of aliphatic hydroxyl groups is 1. The van der Waals surface area contributed by atoms with E-state index in [0.29, 0.717) is 26.2 Å². The molecule has 7 nitrogen and oxygen atoms in total. The molecule has 170 valence electrons. The van der Waals surface area contributed by atoms with Crippen LogP contribution in [0.3, 0.4) is 0 Å². The van der Waals surface area contributed by atoms with Gasteiger partial charge in [0.05, 0.1) is 26.4 Å². The highest BCUT2D eigenvalue weighted by Crippen LogP contribution is 2.32. The summed E-state index contributed by atoms with van der Waals surface area (Å²) < 4.78 is 16.9. The summed E-state index contributed by atoms with van der Waals surface area (Å²) in [6, 6.07) is 10.2. The van der Waals surface area contributed by atoms with Crippen LogP contribution in [0.5, 0.6) is 0 Å². The van der Waals surface area contributed by atoms with Gasteiger partial charge in [0.15, 0.2) is 5.76 Å². The van der Waals surface area contributed by atoms with Gasteiger partial charge in [0.25, 0.3) is 5.91 Å². The number of nitrogens with one attached hydrogen (secondary N) is 2. The van der Waals surface area contributed by atoms with Crippen LogP contribution in [0.4, 0.5) is 0 Å². The molecule has 0 radical (unpaired) electrons. The lowest BCUT2D eigenvalue weighted by molar-refractivity contribution is -0.151. The summed E-state index contributed by atoms with van der Waals surface area (Å²) in [5, 5.41) is 17.0. The summed E-state index contributed by atoms with van der Waals surface area (Å²) in [5.41, 5.74) is 3.40. The van der Waals surface area contributed by atoms with E-state index in [-0.39, 0.29) is 30.8 Å². The summed E-state index contributed by atoms with van der Waals surface area (Å²) >= 11 is 1.63. The number of carbonyl (C=O) groups excluding carboxylic acids is 1. The molecule has 8 heteroatoms. The molecule has 0 fully saturated rings. The molecular weight excluding hydrogens is 428 g/mol. The van der Waals surface area contributed by atoms with Crippen molar-refractivity contribution in [1.82, 2.24) is 10.3 Å². The highest BCUT2D eigenvalue weighted by molar-refractivity contribution is 7.08. The number of aliphatic hydroxyl groups excluding tert-OH is 1. The van der Waals surface area contributed by atoms with Gasteiger partial charge < -0.3 is 29.6 Å². The van der Waals surface area contributed by atoms with Crippen LogP contribution in [-0.2, 0) is 25.4 Å². The molecule has 1 aliphatic heterocycles. The Morgan fingerprint density at radius 2 is 2.16 bits per heavy atom. The Morgan fingerprint density at radius 3 is 3.00 bits per heavy atom. The first kappa shape index (κ1) is 22.5. The Labute approximate surface area is 191 Å². The Bertz CT molecular complexity index is 1030. The normalized spacial score (nSPS) is 18.3. The molecule has 1 aliphatic rings. The van der Waals surface area contributed by atoms with Gasteiger partial charge in [0.1, 0.15) is 0 Å². The lowest BCUT2D eigenvalue weighted by Gasteiger charge is -2.29. The maximum atomic E-state index is 12.8. The second kappa shape index (κ2) is 11.3. The molecule has 0 aliphatic carbocycles. The van der Waals surface area contributed by atoms with Crippen molar-refractivity contribution in [3.05, 3.63) is 70.3 Å². The molecule has 0 spiro atoms. The maximum Gasteiger partial charge on any atom is 0.286 e. The molecule has 2 atom stereocenters. The number of allylic oxidation sites excluding steroid dienone is 1. The van der Waals surface area contributed by atoms with Crippen LogP contribution in [0.1, 0.15) is 23.5 Å². The van der Waals surface area contributed by atoms with Crippen molar-refractivity contribution in [3.63, 3.8) is 0 Å². The molecular formula is C24H28N2O5S. The van der Waals surface area contributed by atoms with Crippen LogP contribution in [-0.4, -0.2) is 55.3 Å². The molecule has 0 unspecified atom stereocenters. The second-order valence-corrected chi connectivity index (χ2v) is 8.33. The van der Waals surface area contributed by atoms with E-state index in [1.165, 1.54) is 10.9 Å². The van der Waals surface area contributed by atoms with E-state index in [2.05, 4.69) is 27.8 Å². The number of aromatic nitrogens is 1. The summed E-state index contributed by atoms with van der Waals surface area (Å²) in [5.74, 6) is 0.0929. The minimum absolute atomic E-state index is 0.0221. The van der Waals surface area contributed by atoms with Crippen LogP contribution in [0.25, 0.3) is 10.9 Å². The van der Waals surface area contributed by atoms with Gasteiger partial charge in [-0.1, -0.05) is 18.2 Å². The fraction of sp³-hybridized carbons (Fsp3) is 0.375. The average Bonchev–Trinajstić information content (AvgIpc) is 3.49. The van der Waals surface area contributed by atoms with Crippen LogP contribution in [0.15, 0.2) is 59.1 Å². The van der Waals surface area contributed by atoms with Crippen LogP contribution in [0, 0.1) is 0 Å². The molecule has 3 heterocycles. The molecule has 1 aromatic carbocycles. The van der Waals surface area contributed by atoms with Gasteiger partial charge in [0, 0.05) is 36.0 Å². The Balaban J connectivity index is 1.35. The maximum absolute atomic E-state index is 12.8. The molecule has 3 aromatic rings. The van der Waals surface area contributed by atoms with E-state index in [4.69, 9.17) is 19.3 Å².